The number of epoxide rings is 1. The highest BCUT2D eigenvalue weighted by molar-refractivity contribution is 6.99. The van der Waals surface area contributed by atoms with Gasteiger partial charge in [-0.15, -0.1) is 0 Å². The molecule has 2 heterocycles. The zero-order chi connectivity index (χ0) is 22.3. The lowest BCUT2D eigenvalue weighted by Crippen LogP contribution is -2.68. The molecule has 0 saturated carbocycles. The van der Waals surface area contributed by atoms with Gasteiger partial charge in [0.2, 0.25) is 0 Å². The van der Waals surface area contributed by atoms with Gasteiger partial charge in [0.25, 0.3) is 8.32 Å². The van der Waals surface area contributed by atoms with Crippen LogP contribution >= 0.6 is 0 Å². The van der Waals surface area contributed by atoms with Crippen molar-refractivity contribution in [1.29, 1.82) is 0 Å². The van der Waals surface area contributed by atoms with E-state index in [0.29, 0.717) is 13.0 Å². The maximum Gasteiger partial charge on any atom is 0.261 e. The molecule has 2 aromatic rings. The third kappa shape index (κ3) is 4.26. The van der Waals surface area contributed by atoms with Gasteiger partial charge < -0.3 is 19.0 Å². The van der Waals surface area contributed by atoms with Gasteiger partial charge in [-0.25, -0.2) is 0 Å². The van der Waals surface area contributed by atoms with Gasteiger partial charge in [-0.05, 0) is 42.1 Å². The molecule has 2 aliphatic heterocycles. The van der Waals surface area contributed by atoms with E-state index in [0.717, 1.165) is 13.0 Å². The maximum absolute atomic E-state index is 11.2. The average molecular weight is 441 g/mol. The fourth-order valence-electron chi connectivity index (χ4n) is 4.99. The zero-order valence-corrected chi connectivity index (χ0v) is 20.4. The molecule has 0 bridgehead atoms. The number of rotatable bonds is 6. The lowest BCUT2D eigenvalue weighted by atomic mass is 9.82. The second-order valence-corrected chi connectivity index (χ2v) is 14.9. The third-order valence-electron chi connectivity index (χ3n) is 7.12. The Morgan fingerprint density at radius 2 is 1.48 bits per heavy atom. The zero-order valence-electron chi connectivity index (χ0n) is 19.4. The predicted molar refractivity (Wildman–Crippen MR) is 126 cm³/mol. The fourth-order valence-corrected chi connectivity index (χ4v) is 9.54. The lowest BCUT2D eigenvalue weighted by Gasteiger charge is -2.48. The first kappa shape index (κ1) is 22.7. The van der Waals surface area contributed by atoms with Crippen LogP contribution in [0.2, 0.25) is 5.04 Å². The molecule has 4 nitrogen and oxygen atoms in total. The second kappa shape index (κ2) is 8.12. The number of hydrogen-bond acceptors (Lipinski definition) is 4. The minimum Gasteiger partial charge on any atom is -0.405 e. The predicted octanol–water partition coefficient (Wildman–Crippen LogP) is 3.65. The van der Waals surface area contributed by atoms with Crippen LogP contribution in [0.4, 0.5) is 0 Å². The molecule has 2 aliphatic rings. The Balaban J connectivity index is 1.71. The maximum atomic E-state index is 11.2. The van der Waals surface area contributed by atoms with Crippen LogP contribution in [0.3, 0.4) is 0 Å². The quantitative estimate of drug-likeness (QED) is 0.550. The van der Waals surface area contributed by atoms with Crippen LogP contribution in [0.5, 0.6) is 0 Å². The smallest absolute Gasteiger partial charge is 0.261 e. The van der Waals surface area contributed by atoms with Crippen molar-refractivity contribution in [3.05, 3.63) is 60.7 Å². The first-order chi connectivity index (χ1) is 14.6. The van der Waals surface area contributed by atoms with Gasteiger partial charge in [0.1, 0.15) is 12.2 Å². The number of aliphatic hydroxyl groups is 1. The second-order valence-electron chi connectivity index (χ2n) is 10.6. The highest BCUT2D eigenvalue weighted by Gasteiger charge is 2.55. The van der Waals surface area contributed by atoms with Gasteiger partial charge in [-0.1, -0.05) is 81.4 Å². The summed E-state index contributed by atoms with van der Waals surface area (Å²) in [4.78, 5) is 0. The highest BCUT2D eigenvalue weighted by Crippen LogP contribution is 2.43. The number of benzene rings is 2. The van der Waals surface area contributed by atoms with E-state index < -0.39 is 20.0 Å². The number of hydrogen-bond donors (Lipinski definition) is 1. The molecule has 4 atom stereocenters. The van der Waals surface area contributed by atoms with Gasteiger partial charge in [0.05, 0.1) is 24.4 Å². The summed E-state index contributed by atoms with van der Waals surface area (Å²) in [6.07, 6.45) is 1.19. The topological polar surface area (TPSA) is 51.2 Å². The molecule has 1 N–H and O–H groups in total. The summed E-state index contributed by atoms with van der Waals surface area (Å²) in [6.45, 7) is 11.9. The summed E-state index contributed by atoms with van der Waals surface area (Å²) in [5.74, 6) is 0. The van der Waals surface area contributed by atoms with E-state index in [1.54, 1.807) is 0 Å². The number of ether oxygens (including phenoxy) is 2. The van der Waals surface area contributed by atoms with Crippen molar-refractivity contribution >= 4 is 18.7 Å². The molecular weight excluding hydrogens is 404 g/mol. The lowest BCUT2D eigenvalue weighted by molar-refractivity contribution is -0.221. The first-order valence-electron chi connectivity index (χ1n) is 11.4. The van der Waals surface area contributed by atoms with Crippen LogP contribution in [0.1, 0.15) is 47.5 Å². The van der Waals surface area contributed by atoms with Crippen molar-refractivity contribution in [3.63, 3.8) is 0 Å². The van der Waals surface area contributed by atoms with Gasteiger partial charge in [0, 0.05) is 0 Å². The monoisotopic (exact) mass is 440 g/mol. The SMILES string of the molecule is CC(C)(C)[Si](OC[C@H]1O[C@](C)([C@H]2CO2)CC[C@]1(C)O)(c1ccccc1)c1ccccc1. The van der Waals surface area contributed by atoms with E-state index in [-0.39, 0.29) is 16.7 Å². The van der Waals surface area contributed by atoms with Crippen LogP contribution in [0, 0.1) is 0 Å². The Bertz CT molecular complexity index is 834. The van der Waals surface area contributed by atoms with E-state index in [9.17, 15) is 5.11 Å². The minimum atomic E-state index is -2.68. The molecule has 0 unspecified atom stereocenters. The summed E-state index contributed by atoms with van der Waals surface area (Å²) in [5, 5.41) is 13.5. The van der Waals surface area contributed by atoms with Crippen LogP contribution in [-0.2, 0) is 13.9 Å². The summed E-state index contributed by atoms with van der Waals surface area (Å²) in [6, 6.07) is 21.2. The van der Waals surface area contributed by atoms with Gasteiger partial charge in [-0.3, -0.25) is 0 Å². The van der Waals surface area contributed by atoms with Crippen LogP contribution < -0.4 is 10.4 Å². The Morgan fingerprint density at radius 3 is 1.94 bits per heavy atom. The van der Waals surface area contributed by atoms with Crippen molar-refractivity contribution in [1.82, 2.24) is 0 Å². The molecule has 2 saturated heterocycles. The Morgan fingerprint density at radius 1 is 0.968 bits per heavy atom. The Kier molecular flexibility index (Phi) is 5.94. The van der Waals surface area contributed by atoms with E-state index in [2.05, 4.69) is 76.2 Å². The van der Waals surface area contributed by atoms with Gasteiger partial charge in [-0.2, -0.15) is 0 Å². The largest absolute Gasteiger partial charge is 0.405 e. The molecule has 0 aromatic heterocycles. The molecule has 4 rings (SSSR count). The van der Waals surface area contributed by atoms with Crippen molar-refractivity contribution in [2.45, 2.75) is 75.9 Å². The first-order valence-corrected chi connectivity index (χ1v) is 13.3. The van der Waals surface area contributed by atoms with Gasteiger partial charge in [0.15, 0.2) is 0 Å². The molecule has 2 aromatic carbocycles. The Hall–Kier alpha value is -1.50. The van der Waals surface area contributed by atoms with Crippen molar-refractivity contribution in [2.24, 2.45) is 0 Å². The highest BCUT2D eigenvalue weighted by atomic mass is 28.4. The average Bonchev–Trinajstić information content (AvgIpc) is 3.58. The van der Waals surface area contributed by atoms with Gasteiger partial charge >= 0.3 is 0 Å². The third-order valence-corrected chi connectivity index (χ3v) is 12.1. The molecule has 0 aliphatic carbocycles. The molecule has 0 radical (unpaired) electrons. The van der Waals surface area contributed by atoms with Crippen molar-refractivity contribution in [3.8, 4) is 0 Å². The van der Waals surface area contributed by atoms with Crippen LogP contribution in [0.25, 0.3) is 0 Å². The van der Waals surface area contributed by atoms with E-state index in [4.69, 9.17) is 13.9 Å². The minimum absolute atomic E-state index is 0.112. The van der Waals surface area contributed by atoms with E-state index >= 15 is 0 Å². The molecule has 0 amide bonds. The summed E-state index contributed by atoms with van der Waals surface area (Å²) >= 11 is 0. The molecular formula is C26H36O4Si. The fraction of sp³-hybridized carbons (Fsp3) is 0.538. The molecule has 0 spiro atoms. The normalized spacial score (nSPS) is 31.4. The molecule has 5 heteroatoms. The standard InChI is InChI=1S/C26H36O4Si/c1-24(2,3)31(20-12-8-6-9-13-20,21-14-10-7-11-15-21)29-19-22-25(4,27)16-17-26(5,30-22)23-18-28-23/h6-15,22-23,27H,16-19H2,1-5H3/t22-,23-,25+,26+/m1/s1. The summed E-state index contributed by atoms with van der Waals surface area (Å²) in [5.41, 5.74) is -1.29. The van der Waals surface area contributed by atoms with E-state index in [1.165, 1.54) is 10.4 Å². The molecule has 2 fully saturated rings. The van der Waals surface area contributed by atoms with Crippen molar-refractivity contribution in [2.75, 3.05) is 13.2 Å². The molecule has 168 valence electrons. The molecule has 31 heavy (non-hydrogen) atoms. The Labute approximate surface area is 187 Å². The van der Waals surface area contributed by atoms with Crippen LogP contribution in [-0.4, -0.2) is 50.0 Å². The van der Waals surface area contributed by atoms with E-state index in [1.807, 2.05) is 19.1 Å². The van der Waals surface area contributed by atoms with Crippen LogP contribution in [0.15, 0.2) is 60.7 Å². The summed E-state index contributed by atoms with van der Waals surface area (Å²) < 4.78 is 19.1. The summed E-state index contributed by atoms with van der Waals surface area (Å²) in [7, 11) is -2.68. The van der Waals surface area contributed by atoms with Crippen molar-refractivity contribution < 1.29 is 19.0 Å².